The van der Waals surface area contributed by atoms with E-state index in [2.05, 4.69) is 39.7 Å². The number of nitrogens with one attached hydrogen (secondary N) is 1. The van der Waals surface area contributed by atoms with E-state index in [1.165, 1.54) is 17.0 Å². The summed E-state index contributed by atoms with van der Waals surface area (Å²) >= 11 is 5.64. The maximum absolute atomic E-state index is 9.33. The molecule has 0 aromatic carbocycles. The van der Waals surface area contributed by atoms with Gasteiger partial charge in [-0.25, -0.2) is 0 Å². The Bertz CT molecular complexity index is 778. The number of ether oxygens (including phenoxy) is 1. The third kappa shape index (κ3) is 4.00. The summed E-state index contributed by atoms with van der Waals surface area (Å²) < 4.78 is 7.56. The van der Waals surface area contributed by atoms with Gasteiger partial charge in [0.25, 0.3) is 0 Å². The zero-order valence-electron chi connectivity index (χ0n) is 16.2. The molecule has 3 heterocycles. The second-order valence-electron chi connectivity index (χ2n) is 6.87. The lowest BCUT2D eigenvalue weighted by Crippen LogP contribution is -2.31. The fourth-order valence-electron chi connectivity index (χ4n) is 3.88. The molecular formula is C20H28N4O2S. The number of aryl methyl sites for hydroxylation is 1. The summed E-state index contributed by atoms with van der Waals surface area (Å²) in [4.78, 5) is 6.76. The minimum atomic E-state index is -0.0197. The second kappa shape index (κ2) is 8.82. The number of methoxy groups -OCH3 is 1. The molecule has 1 fully saturated rings. The molecule has 0 spiro atoms. The van der Waals surface area contributed by atoms with Crippen molar-refractivity contribution < 1.29 is 9.84 Å². The zero-order valence-corrected chi connectivity index (χ0v) is 17.0. The van der Waals surface area contributed by atoms with Crippen LogP contribution in [0.15, 0.2) is 30.5 Å². The molecule has 0 unspecified atom stereocenters. The van der Waals surface area contributed by atoms with Gasteiger partial charge in [-0.2, -0.15) is 0 Å². The number of aliphatic hydroxyl groups excluding tert-OH is 1. The van der Waals surface area contributed by atoms with Gasteiger partial charge in [0.1, 0.15) is 0 Å². The van der Waals surface area contributed by atoms with Crippen LogP contribution in [0.25, 0.3) is 0 Å². The molecule has 0 bridgehead atoms. The average molecular weight is 389 g/mol. The Morgan fingerprint density at radius 2 is 2.11 bits per heavy atom. The van der Waals surface area contributed by atoms with E-state index in [9.17, 15) is 5.11 Å². The molecule has 7 heteroatoms. The van der Waals surface area contributed by atoms with Crippen LogP contribution in [0.2, 0.25) is 0 Å². The van der Waals surface area contributed by atoms with Crippen LogP contribution in [0.4, 0.5) is 0 Å². The number of hydrogen-bond acceptors (Lipinski definition) is 4. The van der Waals surface area contributed by atoms with E-state index < -0.39 is 0 Å². The molecule has 0 saturated carbocycles. The van der Waals surface area contributed by atoms with Gasteiger partial charge in [0.2, 0.25) is 0 Å². The Balaban J connectivity index is 2.02. The van der Waals surface area contributed by atoms with E-state index in [1.54, 1.807) is 7.11 Å². The van der Waals surface area contributed by atoms with Crippen molar-refractivity contribution in [2.45, 2.75) is 38.9 Å². The predicted octanol–water partition coefficient (Wildman–Crippen LogP) is 2.50. The molecule has 2 aromatic heterocycles. The molecule has 2 N–H and O–H groups in total. The molecular weight excluding hydrogens is 360 g/mol. The van der Waals surface area contributed by atoms with E-state index >= 15 is 0 Å². The first-order valence-corrected chi connectivity index (χ1v) is 9.73. The number of aliphatic hydroxyl groups is 1. The summed E-state index contributed by atoms with van der Waals surface area (Å²) in [6.07, 6.45) is 2.49. The van der Waals surface area contributed by atoms with Crippen molar-refractivity contribution in [1.82, 2.24) is 19.8 Å². The molecule has 1 aliphatic rings. The first kappa shape index (κ1) is 19.8. The lowest BCUT2D eigenvalue weighted by Gasteiger charge is -2.28. The maximum Gasteiger partial charge on any atom is 0.170 e. The lowest BCUT2D eigenvalue weighted by molar-refractivity contribution is 0.186. The minimum Gasteiger partial charge on any atom is -0.396 e. The summed E-state index contributed by atoms with van der Waals surface area (Å²) in [6.45, 7) is 6.63. The normalized spacial score (nSPS) is 19.6. The summed E-state index contributed by atoms with van der Waals surface area (Å²) in [5, 5.41) is 13.5. The largest absolute Gasteiger partial charge is 0.396 e. The third-order valence-corrected chi connectivity index (χ3v) is 5.56. The summed E-state index contributed by atoms with van der Waals surface area (Å²) in [7, 11) is 1.72. The molecule has 0 aliphatic carbocycles. The van der Waals surface area contributed by atoms with Crippen LogP contribution in [0.3, 0.4) is 0 Å². The highest BCUT2D eigenvalue weighted by Crippen LogP contribution is 2.40. The molecule has 146 valence electrons. The van der Waals surface area contributed by atoms with Crippen molar-refractivity contribution in [2.75, 3.05) is 26.9 Å². The number of aromatic nitrogens is 2. The van der Waals surface area contributed by atoms with E-state index in [-0.39, 0.29) is 18.7 Å². The van der Waals surface area contributed by atoms with Crippen LogP contribution in [-0.2, 0) is 11.3 Å². The monoisotopic (exact) mass is 388 g/mol. The molecule has 1 aliphatic heterocycles. The topological polar surface area (TPSA) is 62.5 Å². The molecule has 3 rings (SSSR count). The second-order valence-corrected chi connectivity index (χ2v) is 7.25. The minimum absolute atomic E-state index is 0.0197. The quantitative estimate of drug-likeness (QED) is 0.678. The molecule has 0 radical (unpaired) electrons. The van der Waals surface area contributed by atoms with Gasteiger partial charge in [0.15, 0.2) is 5.11 Å². The van der Waals surface area contributed by atoms with Gasteiger partial charge in [0.05, 0.1) is 24.4 Å². The Hall–Kier alpha value is -1.96. The van der Waals surface area contributed by atoms with E-state index in [0.717, 1.165) is 12.2 Å². The SMILES string of the molecule is COCCn1c(C)cc([C@@H]2[C@H](c3ccccn3)NC(=S)N2CCCO)c1C. The smallest absolute Gasteiger partial charge is 0.170 e. The highest BCUT2D eigenvalue weighted by atomic mass is 32.1. The lowest BCUT2D eigenvalue weighted by atomic mass is 9.96. The number of pyridine rings is 1. The summed E-state index contributed by atoms with van der Waals surface area (Å²) in [5.74, 6) is 0. The third-order valence-electron chi connectivity index (χ3n) is 5.21. The van der Waals surface area contributed by atoms with Gasteiger partial charge in [-0.15, -0.1) is 0 Å². The van der Waals surface area contributed by atoms with Gasteiger partial charge in [-0.3, -0.25) is 4.98 Å². The van der Waals surface area contributed by atoms with Crippen LogP contribution in [-0.4, -0.2) is 51.5 Å². The number of hydrogen-bond donors (Lipinski definition) is 2. The molecule has 1 saturated heterocycles. The molecule has 2 atom stereocenters. The van der Waals surface area contributed by atoms with Crippen molar-refractivity contribution >= 4 is 17.3 Å². The Kier molecular flexibility index (Phi) is 6.46. The van der Waals surface area contributed by atoms with Crippen molar-refractivity contribution in [2.24, 2.45) is 0 Å². The van der Waals surface area contributed by atoms with Gasteiger partial charge >= 0.3 is 0 Å². The molecule has 2 aromatic rings. The molecule has 0 amide bonds. The fourth-order valence-corrected chi connectivity index (χ4v) is 4.21. The number of rotatable bonds is 8. The number of thiocarbonyl (C=S) groups is 1. The maximum atomic E-state index is 9.33. The van der Waals surface area contributed by atoms with Gasteiger partial charge in [-0.1, -0.05) is 6.07 Å². The van der Waals surface area contributed by atoms with Gasteiger partial charge < -0.3 is 24.6 Å². The predicted molar refractivity (Wildman–Crippen MR) is 110 cm³/mol. The van der Waals surface area contributed by atoms with Crippen LogP contribution >= 0.6 is 12.2 Å². The summed E-state index contributed by atoms with van der Waals surface area (Å²) in [5.41, 5.74) is 4.64. The van der Waals surface area contributed by atoms with Crippen molar-refractivity contribution in [3.8, 4) is 0 Å². The average Bonchev–Trinajstić information content (AvgIpc) is 3.15. The Labute approximate surface area is 166 Å². The zero-order chi connectivity index (χ0) is 19.4. The van der Waals surface area contributed by atoms with Crippen LogP contribution in [0.5, 0.6) is 0 Å². The standard InChI is InChI=1S/C20H28N4O2S/c1-14-13-16(15(2)23(14)10-12-26-3)19-18(17-7-4-5-8-21-17)22-20(27)24(19)9-6-11-25/h4-5,7-8,13,18-19,25H,6,9-12H2,1-3H3,(H,22,27)/t18-,19+/m0/s1. The number of nitrogens with zero attached hydrogens (tertiary/aromatic N) is 3. The van der Waals surface area contributed by atoms with Crippen LogP contribution < -0.4 is 5.32 Å². The highest BCUT2D eigenvalue weighted by molar-refractivity contribution is 7.80. The van der Waals surface area contributed by atoms with Crippen molar-refractivity contribution in [1.29, 1.82) is 0 Å². The highest BCUT2D eigenvalue weighted by Gasteiger charge is 2.40. The van der Waals surface area contributed by atoms with Gasteiger partial charge in [0, 0.05) is 44.4 Å². The van der Waals surface area contributed by atoms with Crippen LogP contribution in [0, 0.1) is 13.8 Å². The van der Waals surface area contributed by atoms with Crippen LogP contribution in [0.1, 0.15) is 41.1 Å². The first-order chi connectivity index (χ1) is 13.1. The Morgan fingerprint density at radius 3 is 2.78 bits per heavy atom. The van der Waals surface area contributed by atoms with E-state index in [1.807, 2.05) is 24.4 Å². The summed E-state index contributed by atoms with van der Waals surface area (Å²) in [6, 6.07) is 8.23. The first-order valence-electron chi connectivity index (χ1n) is 9.33. The van der Waals surface area contributed by atoms with E-state index in [0.29, 0.717) is 24.7 Å². The van der Waals surface area contributed by atoms with Crippen molar-refractivity contribution in [3.05, 3.63) is 53.1 Å². The molecule has 6 nitrogen and oxygen atoms in total. The van der Waals surface area contributed by atoms with Gasteiger partial charge in [-0.05, 0) is 56.2 Å². The fraction of sp³-hybridized carbons (Fsp3) is 0.500. The van der Waals surface area contributed by atoms with E-state index in [4.69, 9.17) is 17.0 Å². The molecule has 27 heavy (non-hydrogen) atoms. The van der Waals surface area contributed by atoms with Crippen molar-refractivity contribution in [3.63, 3.8) is 0 Å². The Morgan fingerprint density at radius 1 is 1.30 bits per heavy atom.